The Morgan fingerprint density at radius 2 is 1.31 bits per heavy atom. The Kier molecular flexibility index (Phi) is 8.62. The molecule has 0 saturated carbocycles. The molecule has 9 aromatic rings. The molecule has 1 aliphatic rings. The van der Waals surface area contributed by atoms with Crippen LogP contribution in [0.3, 0.4) is 0 Å². The fourth-order valence-electron chi connectivity index (χ4n) is 8.31. The van der Waals surface area contributed by atoms with Crippen molar-refractivity contribution < 1.29 is 20.4 Å². The summed E-state index contributed by atoms with van der Waals surface area (Å²) in [7, 11) is 0. The Morgan fingerprint density at radius 1 is 0.638 bits per heavy atom. The van der Waals surface area contributed by atoms with Gasteiger partial charge >= 0.3 is 0 Å². The van der Waals surface area contributed by atoms with Crippen LogP contribution in [-0.4, -0.2) is 25.0 Å². The van der Waals surface area contributed by atoms with Gasteiger partial charge in [0, 0.05) is 43.3 Å². The minimum atomic E-state index is -0.555. The van der Waals surface area contributed by atoms with Gasteiger partial charge in [-0.3, -0.25) is 0 Å². The topological polar surface area (TPSA) is 89.1 Å². The quantitative estimate of drug-likeness (QED) is 0.0948. The molecule has 6 nitrogen and oxygen atoms in total. The summed E-state index contributed by atoms with van der Waals surface area (Å²) in [6.07, 6.45) is 8.19. The number of thiophene rings is 1. The molecule has 7 aromatic carbocycles. The lowest BCUT2D eigenvalue weighted by molar-refractivity contribution is 0.373. The first-order valence-electron chi connectivity index (χ1n) is 18.9. The summed E-state index contributed by atoms with van der Waals surface area (Å²) in [6.45, 7) is 3.96. The second kappa shape index (κ2) is 14.0. The van der Waals surface area contributed by atoms with Crippen molar-refractivity contribution >= 4 is 98.0 Å². The molecule has 1 aliphatic carbocycles. The van der Waals surface area contributed by atoms with Crippen molar-refractivity contribution in [2.45, 2.75) is 12.8 Å². The highest BCUT2D eigenvalue weighted by molar-refractivity contribution is 9.11. The molecule has 0 unspecified atom stereocenters. The van der Waals surface area contributed by atoms with E-state index in [0.29, 0.717) is 11.1 Å². The number of aromatic hydroxyl groups is 4. The van der Waals surface area contributed by atoms with Gasteiger partial charge in [-0.2, -0.15) is 0 Å². The molecular formula is C50H35BrN2O4S. The van der Waals surface area contributed by atoms with Gasteiger partial charge in [0.15, 0.2) is 23.0 Å². The Morgan fingerprint density at radius 3 is 2.07 bits per heavy atom. The Labute approximate surface area is 346 Å². The third-order valence-corrected chi connectivity index (χ3v) is 12.9. The van der Waals surface area contributed by atoms with Crippen LogP contribution in [0.1, 0.15) is 24.0 Å². The fourth-order valence-corrected chi connectivity index (χ4v) is 10.0. The fraction of sp³-hybridized carbons (Fsp3) is 0.0400. The molecule has 8 heteroatoms. The summed E-state index contributed by atoms with van der Waals surface area (Å²) < 4.78 is 4.98. The van der Waals surface area contributed by atoms with E-state index in [0.717, 1.165) is 83.1 Å². The number of halogens is 1. The van der Waals surface area contributed by atoms with E-state index in [1.807, 2.05) is 42.5 Å². The van der Waals surface area contributed by atoms with Gasteiger partial charge in [-0.25, -0.2) is 0 Å². The largest absolute Gasteiger partial charge is 0.504 e. The second-order valence-electron chi connectivity index (χ2n) is 14.4. The number of hydrogen-bond acceptors (Lipinski definition) is 6. The minimum absolute atomic E-state index is 0.0585. The van der Waals surface area contributed by atoms with Gasteiger partial charge < -0.3 is 29.9 Å². The van der Waals surface area contributed by atoms with Crippen LogP contribution >= 0.6 is 27.3 Å². The summed E-state index contributed by atoms with van der Waals surface area (Å²) in [5.41, 5.74) is 7.53. The van der Waals surface area contributed by atoms with E-state index in [1.165, 1.54) is 4.48 Å². The Bertz CT molecular complexity index is 3170. The van der Waals surface area contributed by atoms with Crippen LogP contribution in [0.15, 0.2) is 157 Å². The smallest absolute Gasteiger partial charge is 0.186 e. The van der Waals surface area contributed by atoms with Crippen molar-refractivity contribution in [2.75, 3.05) is 4.90 Å². The third kappa shape index (κ3) is 5.67. The van der Waals surface area contributed by atoms with E-state index in [4.69, 9.17) is 0 Å². The lowest BCUT2D eigenvalue weighted by atomic mass is 9.98. The molecule has 282 valence electrons. The van der Waals surface area contributed by atoms with E-state index in [2.05, 4.69) is 112 Å². The maximum absolute atomic E-state index is 12.0. The summed E-state index contributed by atoms with van der Waals surface area (Å²) in [4.78, 5) is 2.18. The molecule has 0 spiro atoms. The highest BCUT2D eigenvalue weighted by Gasteiger charge is 2.29. The molecule has 10 rings (SSSR count). The normalized spacial score (nSPS) is 13.0. The molecule has 2 aromatic heterocycles. The summed E-state index contributed by atoms with van der Waals surface area (Å²) in [6, 6.07) is 44.0. The van der Waals surface area contributed by atoms with Crippen molar-refractivity contribution in [3.63, 3.8) is 0 Å². The average molecular weight is 840 g/mol. The van der Waals surface area contributed by atoms with Gasteiger partial charge in [0.1, 0.15) is 5.69 Å². The van der Waals surface area contributed by atoms with Crippen molar-refractivity contribution in [1.82, 2.24) is 4.57 Å². The zero-order valence-electron chi connectivity index (χ0n) is 31.0. The molecule has 0 radical (unpaired) electrons. The predicted octanol–water partition coefficient (Wildman–Crippen LogP) is 14.2. The second-order valence-corrected chi connectivity index (χ2v) is 16.5. The van der Waals surface area contributed by atoms with Crippen LogP contribution < -0.4 is 4.90 Å². The molecule has 0 saturated heterocycles. The van der Waals surface area contributed by atoms with Crippen LogP contribution in [0.4, 0.5) is 17.1 Å². The van der Waals surface area contributed by atoms with E-state index < -0.39 is 23.0 Å². The predicted molar refractivity (Wildman–Crippen MR) is 245 cm³/mol. The number of allylic oxidation sites excluding steroid dienone is 4. The SMILES string of the molecule is C=Cc1ccc(N(c2cccc(C3=CCCC(Br)=C3)c2)c2ccc3c4ccc5c6ccccc6sc5c4n(-c4c(O)c(O)c(-c5ccccc5)c(O)c4O)c3c2)cc1. The zero-order chi connectivity index (χ0) is 39.7. The van der Waals surface area contributed by atoms with Gasteiger partial charge in [0.2, 0.25) is 0 Å². The minimum Gasteiger partial charge on any atom is -0.504 e. The number of phenols is 4. The lowest BCUT2D eigenvalue weighted by Crippen LogP contribution is -2.10. The number of aromatic nitrogens is 1. The molecule has 0 bridgehead atoms. The molecule has 2 heterocycles. The highest BCUT2D eigenvalue weighted by atomic mass is 79.9. The van der Waals surface area contributed by atoms with Gasteiger partial charge in [0.25, 0.3) is 0 Å². The maximum Gasteiger partial charge on any atom is 0.186 e. The average Bonchev–Trinajstić information content (AvgIpc) is 3.80. The summed E-state index contributed by atoms with van der Waals surface area (Å²) in [5, 5.41) is 51.3. The van der Waals surface area contributed by atoms with Gasteiger partial charge in [0.05, 0.1) is 21.3 Å². The number of anilines is 3. The number of phenolic OH excluding ortho intramolecular Hbond substituents is 4. The van der Waals surface area contributed by atoms with Crippen molar-refractivity contribution in [1.29, 1.82) is 0 Å². The molecular weight excluding hydrogens is 805 g/mol. The van der Waals surface area contributed by atoms with E-state index >= 15 is 0 Å². The number of fused-ring (bicyclic) bond motifs is 7. The number of rotatable bonds is 7. The van der Waals surface area contributed by atoms with Gasteiger partial charge in [-0.05, 0) is 88.1 Å². The van der Waals surface area contributed by atoms with E-state index in [1.54, 1.807) is 40.2 Å². The molecule has 4 N–H and O–H groups in total. The number of hydrogen-bond donors (Lipinski definition) is 4. The van der Waals surface area contributed by atoms with Crippen LogP contribution in [0.25, 0.3) is 70.4 Å². The lowest BCUT2D eigenvalue weighted by Gasteiger charge is -2.27. The molecule has 58 heavy (non-hydrogen) atoms. The van der Waals surface area contributed by atoms with Crippen LogP contribution in [0.5, 0.6) is 23.0 Å². The monoisotopic (exact) mass is 838 g/mol. The first kappa shape index (κ1) is 35.7. The van der Waals surface area contributed by atoms with Gasteiger partial charge in [-0.1, -0.05) is 126 Å². The van der Waals surface area contributed by atoms with Crippen LogP contribution in [-0.2, 0) is 0 Å². The number of benzene rings is 7. The standard InChI is InChI=1S/C50H35BrN2O4S/c1-2-29-18-20-34(21-19-29)52(35-15-9-13-32(27-35)31-12-8-14-33(51)26-31)36-22-23-37-39-24-25-40-38-16-6-7-17-42(38)58-50(40)44(39)53(41(37)28-36)45-48(56)46(54)43(47(55)49(45)57)30-10-4-3-5-11-30/h2-7,9-13,15-28,54-57H,1,8,14H2. The number of nitrogens with zero attached hydrogens (tertiary/aromatic N) is 2. The van der Waals surface area contributed by atoms with Crippen LogP contribution in [0, 0.1) is 0 Å². The van der Waals surface area contributed by atoms with Crippen molar-refractivity contribution in [3.05, 3.63) is 168 Å². The summed E-state index contributed by atoms with van der Waals surface area (Å²) >= 11 is 5.33. The van der Waals surface area contributed by atoms with Crippen molar-refractivity contribution in [2.24, 2.45) is 0 Å². The van der Waals surface area contributed by atoms with Gasteiger partial charge in [-0.15, -0.1) is 11.3 Å². The molecule has 0 amide bonds. The zero-order valence-corrected chi connectivity index (χ0v) is 33.4. The molecule has 0 aliphatic heterocycles. The first-order chi connectivity index (χ1) is 28.3. The summed E-state index contributed by atoms with van der Waals surface area (Å²) in [5.74, 6) is -2.18. The first-order valence-corrected chi connectivity index (χ1v) is 20.5. The highest BCUT2D eigenvalue weighted by Crippen LogP contribution is 2.55. The molecule has 0 fully saturated rings. The van der Waals surface area contributed by atoms with E-state index in [-0.39, 0.29) is 11.3 Å². The Balaban J connectivity index is 1.28. The maximum atomic E-state index is 12.0. The van der Waals surface area contributed by atoms with E-state index in [9.17, 15) is 20.4 Å². The van der Waals surface area contributed by atoms with Crippen molar-refractivity contribution in [3.8, 4) is 39.8 Å². The molecule has 0 atom stereocenters. The van der Waals surface area contributed by atoms with Crippen LogP contribution in [0.2, 0.25) is 0 Å². The Hall–Kier alpha value is -6.74. The third-order valence-electron chi connectivity index (χ3n) is 11.1.